The maximum absolute atomic E-state index is 13.0. The molecule has 2 N–H and O–H groups in total. The molecule has 0 fully saturated rings. The number of carbonyl (C=O) groups is 1. The zero-order valence-electron chi connectivity index (χ0n) is 16.9. The Hall–Kier alpha value is -3.58. The van der Waals surface area contributed by atoms with Crippen LogP contribution >= 0.6 is 11.8 Å². The van der Waals surface area contributed by atoms with Gasteiger partial charge in [0.05, 0.1) is 17.0 Å². The number of hydrogen-bond acceptors (Lipinski definition) is 5. The normalized spacial score (nSPS) is 10.9. The number of nitrogens with one attached hydrogen (secondary N) is 1. The fraction of sp³-hybridized carbons (Fsp3) is 0.125. The molecule has 0 aliphatic rings. The maximum Gasteiger partial charge on any atom is 0.265 e. The molecule has 7 heteroatoms. The Balaban J connectivity index is 1.61. The van der Waals surface area contributed by atoms with Crippen LogP contribution in [0, 0.1) is 0 Å². The summed E-state index contributed by atoms with van der Waals surface area (Å²) in [6, 6.07) is 22.6. The summed E-state index contributed by atoms with van der Waals surface area (Å²) in [5.74, 6) is -0.487. The minimum absolute atomic E-state index is 0.0351. The predicted octanol–water partition coefficient (Wildman–Crippen LogP) is 4.38. The molecule has 1 aromatic heterocycles. The van der Waals surface area contributed by atoms with Crippen molar-refractivity contribution in [2.75, 3.05) is 11.1 Å². The van der Waals surface area contributed by atoms with Gasteiger partial charge in [0, 0.05) is 11.1 Å². The summed E-state index contributed by atoms with van der Waals surface area (Å²) in [6.07, 6.45) is 0.358. The third kappa shape index (κ3) is 4.32. The van der Waals surface area contributed by atoms with Crippen molar-refractivity contribution in [1.29, 1.82) is 0 Å². The lowest BCUT2D eigenvalue weighted by molar-refractivity contribution is -0.113. The molecule has 0 spiro atoms. The molecule has 0 aliphatic carbocycles. The highest BCUT2D eigenvalue weighted by Gasteiger charge is 2.18. The average molecular weight is 432 g/mol. The molecule has 0 aliphatic heterocycles. The Labute approximate surface area is 183 Å². The maximum atomic E-state index is 13.0. The highest BCUT2D eigenvalue weighted by Crippen LogP contribution is 2.25. The second-order valence-corrected chi connectivity index (χ2v) is 7.83. The number of amides is 1. The van der Waals surface area contributed by atoms with Crippen molar-refractivity contribution in [1.82, 2.24) is 9.55 Å². The summed E-state index contributed by atoms with van der Waals surface area (Å²) in [6.45, 7) is 1.79. The number of nitrogens with zero attached hydrogens (tertiary/aromatic N) is 2. The summed E-state index contributed by atoms with van der Waals surface area (Å²) in [5, 5.41) is 15.4. The van der Waals surface area contributed by atoms with Crippen molar-refractivity contribution in [3.63, 3.8) is 0 Å². The lowest BCUT2D eigenvalue weighted by Gasteiger charge is -2.14. The molecule has 1 amide bonds. The van der Waals surface area contributed by atoms with E-state index >= 15 is 0 Å². The van der Waals surface area contributed by atoms with Gasteiger partial charge in [0.2, 0.25) is 11.8 Å². The first-order chi connectivity index (χ1) is 15.1. The molecule has 4 rings (SSSR count). The Morgan fingerprint density at radius 1 is 1.03 bits per heavy atom. The number of aromatic nitrogens is 2. The smallest absolute Gasteiger partial charge is 0.265 e. The van der Waals surface area contributed by atoms with Gasteiger partial charge in [-0.3, -0.25) is 14.2 Å². The van der Waals surface area contributed by atoms with Gasteiger partial charge in [-0.2, -0.15) is 4.98 Å². The number of anilines is 1. The van der Waals surface area contributed by atoms with E-state index in [1.807, 2.05) is 60.7 Å². The van der Waals surface area contributed by atoms with Gasteiger partial charge in [-0.05, 0) is 30.0 Å². The second-order valence-electron chi connectivity index (χ2n) is 6.89. The minimum atomic E-state index is -0.335. The van der Waals surface area contributed by atoms with E-state index in [-0.39, 0.29) is 33.8 Å². The number of benzene rings is 3. The first kappa shape index (κ1) is 20.7. The Kier molecular flexibility index (Phi) is 6.04. The minimum Gasteiger partial charge on any atom is -0.493 e. The van der Waals surface area contributed by atoms with Gasteiger partial charge < -0.3 is 10.4 Å². The first-order valence-corrected chi connectivity index (χ1v) is 10.9. The number of carbonyl (C=O) groups excluding carboxylic acids is 1. The van der Waals surface area contributed by atoms with Crippen LogP contribution in [0.5, 0.6) is 5.88 Å². The molecule has 0 saturated carbocycles. The lowest BCUT2D eigenvalue weighted by atomic mass is 10.1. The largest absolute Gasteiger partial charge is 0.493 e. The van der Waals surface area contributed by atoms with E-state index in [0.29, 0.717) is 12.1 Å². The molecule has 0 saturated heterocycles. The van der Waals surface area contributed by atoms with Gasteiger partial charge in [0.15, 0.2) is 5.16 Å². The molecule has 0 bridgehead atoms. The SMILES string of the molecule is CCc1c(O)nc(SCC(=O)Nc2cccc3ccccc23)n(-c2ccccc2)c1=O. The Bertz CT molecular complexity index is 1300. The van der Waals surface area contributed by atoms with Crippen LogP contribution in [0.2, 0.25) is 0 Å². The van der Waals surface area contributed by atoms with E-state index in [1.165, 1.54) is 4.57 Å². The predicted molar refractivity (Wildman–Crippen MR) is 124 cm³/mol. The van der Waals surface area contributed by atoms with E-state index in [4.69, 9.17) is 0 Å². The molecule has 0 atom stereocenters. The van der Waals surface area contributed by atoms with Crippen molar-refractivity contribution < 1.29 is 9.90 Å². The number of hydrogen-bond donors (Lipinski definition) is 2. The van der Waals surface area contributed by atoms with E-state index in [1.54, 1.807) is 19.1 Å². The zero-order chi connectivity index (χ0) is 21.8. The first-order valence-electron chi connectivity index (χ1n) is 9.89. The number of aromatic hydroxyl groups is 1. The highest BCUT2D eigenvalue weighted by molar-refractivity contribution is 7.99. The molecule has 0 unspecified atom stereocenters. The quantitative estimate of drug-likeness (QED) is 0.350. The second kappa shape index (κ2) is 9.06. The summed E-state index contributed by atoms with van der Waals surface area (Å²) < 4.78 is 1.44. The van der Waals surface area contributed by atoms with E-state index < -0.39 is 0 Å². The fourth-order valence-corrected chi connectivity index (χ4v) is 4.19. The van der Waals surface area contributed by atoms with Crippen LogP contribution in [-0.2, 0) is 11.2 Å². The number of para-hydroxylation sites is 1. The van der Waals surface area contributed by atoms with Gasteiger partial charge in [0.1, 0.15) is 0 Å². The summed E-state index contributed by atoms with van der Waals surface area (Å²) in [7, 11) is 0. The average Bonchev–Trinajstić information content (AvgIpc) is 2.78. The van der Waals surface area contributed by atoms with Crippen molar-refractivity contribution >= 4 is 34.1 Å². The van der Waals surface area contributed by atoms with Crippen molar-refractivity contribution in [2.45, 2.75) is 18.5 Å². The van der Waals surface area contributed by atoms with E-state index in [2.05, 4.69) is 10.3 Å². The fourth-order valence-electron chi connectivity index (χ4n) is 3.39. The lowest BCUT2D eigenvalue weighted by Crippen LogP contribution is -2.25. The van der Waals surface area contributed by atoms with Crippen LogP contribution in [-0.4, -0.2) is 26.3 Å². The van der Waals surface area contributed by atoms with Gasteiger partial charge in [-0.1, -0.05) is 73.3 Å². The Morgan fingerprint density at radius 3 is 2.52 bits per heavy atom. The van der Waals surface area contributed by atoms with Crippen LogP contribution in [0.15, 0.2) is 82.7 Å². The molecule has 0 radical (unpaired) electrons. The van der Waals surface area contributed by atoms with Crippen molar-refractivity contribution in [3.05, 3.63) is 88.7 Å². The van der Waals surface area contributed by atoms with Crippen LogP contribution < -0.4 is 10.9 Å². The van der Waals surface area contributed by atoms with E-state index in [9.17, 15) is 14.7 Å². The van der Waals surface area contributed by atoms with Gasteiger partial charge in [-0.25, -0.2) is 0 Å². The highest BCUT2D eigenvalue weighted by atomic mass is 32.2. The molecule has 1 heterocycles. The number of rotatable bonds is 6. The molecule has 156 valence electrons. The molecule has 6 nitrogen and oxygen atoms in total. The third-order valence-electron chi connectivity index (χ3n) is 4.89. The van der Waals surface area contributed by atoms with Gasteiger partial charge >= 0.3 is 0 Å². The van der Waals surface area contributed by atoms with Crippen molar-refractivity contribution in [2.24, 2.45) is 0 Å². The monoisotopic (exact) mass is 431 g/mol. The van der Waals surface area contributed by atoms with E-state index in [0.717, 1.165) is 28.2 Å². The summed E-state index contributed by atoms with van der Waals surface area (Å²) >= 11 is 1.10. The van der Waals surface area contributed by atoms with Crippen LogP contribution in [0.4, 0.5) is 5.69 Å². The summed E-state index contributed by atoms with van der Waals surface area (Å²) in [4.78, 5) is 29.8. The van der Waals surface area contributed by atoms with Crippen LogP contribution in [0.25, 0.3) is 16.5 Å². The standard InChI is InChI=1S/C24H21N3O3S/c1-2-18-22(29)26-24(27(23(18)30)17-11-4-3-5-12-17)31-15-21(28)25-20-14-8-10-16-9-6-7-13-19(16)20/h3-14,29H,2,15H2,1H3,(H,25,28). The molecule has 31 heavy (non-hydrogen) atoms. The molecule has 4 aromatic rings. The third-order valence-corrected chi connectivity index (χ3v) is 5.83. The van der Waals surface area contributed by atoms with Crippen LogP contribution in [0.3, 0.4) is 0 Å². The molecular weight excluding hydrogens is 410 g/mol. The molecule has 3 aromatic carbocycles. The Morgan fingerprint density at radius 2 is 1.74 bits per heavy atom. The number of thioether (sulfide) groups is 1. The van der Waals surface area contributed by atoms with Gasteiger partial charge in [-0.15, -0.1) is 0 Å². The topological polar surface area (TPSA) is 84.2 Å². The number of fused-ring (bicyclic) bond motifs is 1. The molecular formula is C24H21N3O3S. The summed E-state index contributed by atoms with van der Waals surface area (Å²) in [5.41, 5.74) is 1.26. The zero-order valence-corrected chi connectivity index (χ0v) is 17.7. The van der Waals surface area contributed by atoms with Gasteiger partial charge in [0.25, 0.3) is 5.56 Å². The van der Waals surface area contributed by atoms with Crippen molar-refractivity contribution in [3.8, 4) is 11.6 Å². The van der Waals surface area contributed by atoms with Crippen LogP contribution in [0.1, 0.15) is 12.5 Å².